The van der Waals surface area contributed by atoms with E-state index in [1.807, 2.05) is 13.8 Å². The lowest BCUT2D eigenvalue weighted by molar-refractivity contribution is 0.0992. The van der Waals surface area contributed by atoms with Crippen LogP contribution in [0, 0.1) is 0 Å². The summed E-state index contributed by atoms with van der Waals surface area (Å²) in [5, 5.41) is 10.2. The van der Waals surface area contributed by atoms with Crippen LogP contribution in [0.15, 0.2) is 6.20 Å². The van der Waals surface area contributed by atoms with E-state index in [4.69, 9.17) is 18.0 Å². The first kappa shape index (κ1) is 12.4. The van der Waals surface area contributed by atoms with Gasteiger partial charge in [-0.1, -0.05) is 0 Å². The number of thiocarbonyl (C=S) groups is 1. The minimum atomic E-state index is -0.546. The molecule has 16 heavy (non-hydrogen) atoms. The summed E-state index contributed by atoms with van der Waals surface area (Å²) in [6.45, 7) is 3.93. The second-order valence-electron chi connectivity index (χ2n) is 3.65. The van der Waals surface area contributed by atoms with Gasteiger partial charge in [-0.2, -0.15) is 5.10 Å². The van der Waals surface area contributed by atoms with Crippen LogP contribution in [-0.4, -0.2) is 26.8 Å². The van der Waals surface area contributed by atoms with Crippen LogP contribution in [0.4, 0.5) is 5.69 Å². The van der Waals surface area contributed by atoms with Crippen LogP contribution >= 0.6 is 12.2 Å². The Balaban J connectivity index is 2.82. The Labute approximate surface area is 99.2 Å². The molecule has 0 bridgehead atoms. The van der Waals surface area contributed by atoms with Crippen LogP contribution in [0.5, 0.6) is 0 Å². The van der Waals surface area contributed by atoms with Crippen LogP contribution in [0.3, 0.4) is 0 Å². The first-order chi connectivity index (χ1) is 7.41. The highest BCUT2D eigenvalue weighted by Crippen LogP contribution is 2.12. The highest BCUT2D eigenvalue weighted by molar-refractivity contribution is 7.80. The van der Waals surface area contributed by atoms with Crippen molar-refractivity contribution >= 4 is 28.9 Å². The Morgan fingerprint density at radius 2 is 2.25 bits per heavy atom. The SMILES string of the molecule is CC(C)NC(=S)Nc1cnn(C)c1C(N)=O. The monoisotopic (exact) mass is 241 g/mol. The molecule has 0 aliphatic heterocycles. The first-order valence-electron chi connectivity index (χ1n) is 4.81. The molecule has 1 rings (SSSR count). The summed E-state index contributed by atoms with van der Waals surface area (Å²) in [6, 6.07) is 0.216. The van der Waals surface area contributed by atoms with Crippen molar-refractivity contribution in [2.24, 2.45) is 12.8 Å². The largest absolute Gasteiger partial charge is 0.364 e. The van der Waals surface area contributed by atoms with Crippen molar-refractivity contribution < 1.29 is 4.79 Å². The van der Waals surface area contributed by atoms with E-state index in [1.54, 1.807) is 7.05 Å². The third-order valence-electron chi connectivity index (χ3n) is 1.84. The van der Waals surface area contributed by atoms with Crippen LogP contribution < -0.4 is 16.4 Å². The van der Waals surface area contributed by atoms with Crippen molar-refractivity contribution in [1.82, 2.24) is 15.1 Å². The minimum absolute atomic E-state index is 0.216. The second-order valence-corrected chi connectivity index (χ2v) is 4.06. The molecule has 0 saturated heterocycles. The lowest BCUT2D eigenvalue weighted by Crippen LogP contribution is -2.34. The molecule has 0 spiro atoms. The maximum Gasteiger partial charge on any atom is 0.269 e. The van der Waals surface area contributed by atoms with E-state index in [1.165, 1.54) is 10.9 Å². The number of rotatable bonds is 3. The number of hydrogen-bond donors (Lipinski definition) is 3. The topological polar surface area (TPSA) is 85.0 Å². The van der Waals surface area contributed by atoms with E-state index < -0.39 is 5.91 Å². The van der Waals surface area contributed by atoms with Crippen molar-refractivity contribution in [3.05, 3.63) is 11.9 Å². The Morgan fingerprint density at radius 3 is 2.75 bits per heavy atom. The van der Waals surface area contributed by atoms with Crippen molar-refractivity contribution in [2.45, 2.75) is 19.9 Å². The fourth-order valence-corrected chi connectivity index (χ4v) is 1.59. The average Bonchev–Trinajstić information content (AvgIpc) is 2.45. The van der Waals surface area contributed by atoms with Crippen molar-refractivity contribution in [3.8, 4) is 0 Å². The standard InChI is InChI=1S/C9H15N5OS/c1-5(2)12-9(16)13-6-4-11-14(3)7(6)8(10)15/h4-5H,1-3H3,(H2,10,15)(H2,12,13,16). The number of aryl methyl sites for hydroxylation is 1. The van der Waals surface area contributed by atoms with Crippen molar-refractivity contribution in [2.75, 3.05) is 5.32 Å². The van der Waals surface area contributed by atoms with Crippen LogP contribution in [-0.2, 0) is 7.05 Å². The predicted molar refractivity (Wildman–Crippen MR) is 66.2 cm³/mol. The Morgan fingerprint density at radius 1 is 1.62 bits per heavy atom. The normalized spacial score (nSPS) is 10.2. The zero-order chi connectivity index (χ0) is 12.3. The van der Waals surface area contributed by atoms with E-state index in [9.17, 15) is 4.79 Å². The van der Waals surface area contributed by atoms with Gasteiger partial charge in [-0.25, -0.2) is 0 Å². The molecule has 4 N–H and O–H groups in total. The molecular weight excluding hydrogens is 226 g/mol. The quantitative estimate of drug-likeness (QED) is 0.659. The molecule has 0 radical (unpaired) electrons. The summed E-state index contributed by atoms with van der Waals surface area (Å²) < 4.78 is 1.41. The number of amides is 1. The smallest absolute Gasteiger partial charge is 0.269 e. The van der Waals surface area contributed by atoms with Crippen LogP contribution in [0.2, 0.25) is 0 Å². The number of nitrogens with zero attached hydrogens (tertiary/aromatic N) is 2. The fourth-order valence-electron chi connectivity index (χ4n) is 1.24. The Hall–Kier alpha value is -1.63. The summed E-state index contributed by atoms with van der Waals surface area (Å²) in [5.74, 6) is -0.546. The molecule has 0 unspecified atom stereocenters. The molecular formula is C9H15N5OS. The average molecular weight is 241 g/mol. The van der Waals surface area contributed by atoms with Gasteiger partial charge in [-0.05, 0) is 26.1 Å². The van der Waals surface area contributed by atoms with Gasteiger partial charge in [0.25, 0.3) is 5.91 Å². The Kier molecular flexibility index (Phi) is 3.83. The molecule has 1 heterocycles. The summed E-state index contributed by atoms with van der Waals surface area (Å²) >= 11 is 5.06. The van der Waals surface area contributed by atoms with E-state index in [2.05, 4.69) is 15.7 Å². The molecule has 0 atom stereocenters. The van der Waals surface area contributed by atoms with Crippen molar-refractivity contribution in [1.29, 1.82) is 0 Å². The number of nitrogens with two attached hydrogens (primary N) is 1. The number of nitrogens with one attached hydrogen (secondary N) is 2. The third kappa shape index (κ3) is 2.93. The molecule has 6 nitrogen and oxygen atoms in total. The van der Waals surface area contributed by atoms with Gasteiger partial charge in [0.05, 0.1) is 11.9 Å². The van der Waals surface area contributed by atoms with E-state index >= 15 is 0 Å². The maximum atomic E-state index is 11.2. The second kappa shape index (κ2) is 4.93. The molecule has 1 amide bonds. The fraction of sp³-hybridized carbons (Fsp3) is 0.444. The maximum absolute atomic E-state index is 11.2. The Bertz CT molecular complexity index is 412. The number of aromatic nitrogens is 2. The molecule has 0 aliphatic carbocycles. The highest BCUT2D eigenvalue weighted by Gasteiger charge is 2.14. The minimum Gasteiger partial charge on any atom is -0.364 e. The molecule has 1 aromatic heterocycles. The van der Waals surface area contributed by atoms with Gasteiger partial charge < -0.3 is 16.4 Å². The highest BCUT2D eigenvalue weighted by atomic mass is 32.1. The van der Waals surface area contributed by atoms with Crippen LogP contribution in [0.1, 0.15) is 24.3 Å². The number of anilines is 1. The summed E-state index contributed by atoms with van der Waals surface area (Å²) in [5.41, 5.74) is 6.04. The number of carbonyl (C=O) groups excluding carboxylic acids is 1. The van der Waals surface area contributed by atoms with Gasteiger partial charge in [-0.15, -0.1) is 0 Å². The van der Waals surface area contributed by atoms with Crippen LogP contribution in [0.25, 0.3) is 0 Å². The van der Waals surface area contributed by atoms with Gasteiger partial charge in [0, 0.05) is 13.1 Å². The van der Waals surface area contributed by atoms with E-state index in [0.29, 0.717) is 16.5 Å². The zero-order valence-corrected chi connectivity index (χ0v) is 10.3. The van der Waals surface area contributed by atoms with Gasteiger partial charge in [0.15, 0.2) is 5.11 Å². The van der Waals surface area contributed by atoms with Gasteiger partial charge in [0.1, 0.15) is 5.69 Å². The molecule has 0 saturated carbocycles. The molecule has 0 aliphatic rings. The van der Waals surface area contributed by atoms with Crippen molar-refractivity contribution in [3.63, 3.8) is 0 Å². The summed E-state index contributed by atoms with van der Waals surface area (Å²) in [4.78, 5) is 11.2. The zero-order valence-electron chi connectivity index (χ0n) is 9.44. The molecule has 0 fully saturated rings. The number of carbonyl (C=O) groups is 1. The number of primary amides is 1. The molecule has 88 valence electrons. The third-order valence-corrected chi connectivity index (χ3v) is 2.06. The van der Waals surface area contributed by atoms with Gasteiger partial charge in [0.2, 0.25) is 0 Å². The lowest BCUT2D eigenvalue weighted by Gasteiger charge is -2.12. The van der Waals surface area contributed by atoms with Gasteiger partial charge >= 0.3 is 0 Å². The lowest BCUT2D eigenvalue weighted by atomic mass is 10.3. The first-order valence-corrected chi connectivity index (χ1v) is 5.22. The van der Waals surface area contributed by atoms with E-state index in [-0.39, 0.29) is 6.04 Å². The molecule has 7 heteroatoms. The molecule has 1 aromatic rings. The predicted octanol–water partition coefficient (Wildman–Crippen LogP) is 0.214. The van der Waals surface area contributed by atoms with Gasteiger partial charge in [-0.3, -0.25) is 9.48 Å². The number of hydrogen-bond acceptors (Lipinski definition) is 3. The summed E-state index contributed by atoms with van der Waals surface area (Å²) in [7, 11) is 1.64. The molecule has 0 aromatic carbocycles. The summed E-state index contributed by atoms with van der Waals surface area (Å²) in [6.07, 6.45) is 1.51. The van der Waals surface area contributed by atoms with E-state index in [0.717, 1.165) is 0 Å².